The smallest absolute Gasteiger partial charge is 0.323 e. The molecule has 0 atom stereocenters. The topological polar surface area (TPSA) is 63.6 Å². The third-order valence-corrected chi connectivity index (χ3v) is 2.11. The number of carbonyl (C=O) groups excluding carboxylic acids is 1. The first-order valence-electron chi connectivity index (χ1n) is 3.54. The van der Waals surface area contributed by atoms with E-state index in [2.05, 4.69) is 4.74 Å². The fourth-order valence-corrected chi connectivity index (χ4v) is 1.41. The second kappa shape index (κ2) is 2.65. The molecule has 1 N–H and O–H groups in total. The molecule has 1 rings (SSSR count). The highest BCUT2D eigenvalue weighted by atomic mass is 19.3. The number of carbonyl (C=O) groups is 2. The number of esters is 1. The Labute approximate surface area is 72.5 Å². The van der Waals surface area contributed by atoms with Crippen LogP contribution in [0.3, 0.4) is 0 Å². The van der Waals surface area contributed by atoms with Crippen LogP contribution in [0.25, 0.3) is 0 Å². The van der Waals surface area contributed by atoms with Gasteiger partial charge in [0.05, 0.1) is 7.11 Å². The van der Waals surface area contributed by atoms with E-state index < -0.39 is 36.1 Å². The van der Waals surface area contributed by atoms with E-state index in [1.165, 1.54) is 0 Å². The van der Waals surface area contributed by atoms with Crippen molar-refractivity contribution in [1.82, 2.24) is 0 Å². The van der Waals surface area contributed by atoms with Crippen LogP contribution in [0.4, 0.5) is 8.78 Å². The lowest BCUT2D eigenvalue weighted by Gasteiger charge is -2.41. The lowest BCUT2D eigenvalue weighted by molar-refractivity contribution is -0.208. The predicted octanol–water partition coefficient (Wildman–Crippen LogP) is 0.659. The molecule has 0 spiro atoms. The maximum Gasteiger partial charge on any atom is 0.323 e. The van der Waals surface area contributed by atoms with Gasteiger partial charge in [0.1, 0.15) is 0 Å². The van der Waals surface area contributed by atoms with E-state index >= 15 is 0 Å². The molecule has 0 heterocycles. The Morgan fingerprint density at radius 3 is 2.08 bits per heavy atom. The van der Waals surface area contributed by atoms with E-state index in [1.54, 1.807) is 0 Å². The average Bonchev–Trinajstić information content (AvgIpc) is 1.97. The maximum atomic E-state index is 12.4. The molecule has 0 aromatic heterocycles. The highest BCUT2D eigenvalue weighted by Gasteiger charge is 2.66. The zero-order chi connectivity index (χ0) is 10.3. The Balaban J connectivity index is 2.83. The van der Waals surface area contributed by atoms with Crippen molar-refractivity contribution in [2.24, 2.45) is 5.41 Å². The molecule has 0 bridgehead atoms. The minimum atomic E-state index is -3.06. The van der Waals surface area contributed by atoms with Crippen molar-refractivity contribution in [3.8, 4) is 0 Å². The van der Waals surface area contributed by atoms with Gasteiger partial charge in [-0.2, -0.15) is 0 Å². The average molecular weight is 194 g/mol. The first-order chi connectivity index (χ1) is 5.84. The Hall–Kier alpha value is -1.20. The summed E-state index contributed by atoms with van der Waals surface area (Å²) in [5.41, 5.74) is -2.03. The molecule has 1 aliphatic rings. The molecule has 4 nitrogen and oxygen atoms in total. The number of carboxylic acids is 1. The van der Waals surface area contributed by atoms with Crippen molar-refractivity contribution in [3.63, 3.8) is 0 Å². The van der Waals surface area contributed by atoms with Crippen LogP contribution in [-0.2, 0) is 14.3 Å². The van der Waals surface area contributed by atoms with Crippen molar-refractivity contribution in [3.05, 3.63) is 0 Å². The fraction of sp³-hybridized carbons (Fsp3) is 0.714. The summed E-state index contributed by atoms with van der Waals surface area (Å²) in [5.74, 6) is -5.72. The van der Waals surface area contributed by atoms with Gasteiger partial charge in [-0.25, -0.2) is 8.78 Å². The maximum absolute atomic E-state index is 12.4. The minimum Gasteiger partial charge on any atom is -0.480 e. The molecule has 0 aliphatic heterocycles. The Morgan fingerprint density at radius 2 is 1.85 bits per heavy atom. The minimum absolute atomic E-state index is 0.970. The molecule has 74 valence electrons. The van der Waals surface area contributed by atoms with Gasteiger partial charge in [0.15, 0.2) is 5.41 Å². The highest BCUT2D eigenvalue weighted by molar-refractivity contribution is 6.00. The summed E-state index contributed by atoms with van der Waals surface area (Å²) in [6, 6.07) is 0. The van der Waals surface area contributed by atoms with E-state index in [4.69, 9.17) is 5.11 Å². The zero-order valence-corrected chi connectivity index (χ0v) is 6.84. The van der Waals surface area contributed by atoms with Gasteiger partial charge in [0.2, 0.25) is 0 Å². The van der Waals surface area contributed by atoms with Crippen LogP contribution >= 0.6 is 0 Å². The number of carboxylic acid groups (broad SMARTS) is 1. The van der Waals surface area contributed by atoms with Crippen LogP contribution < -0.4 is 0 Å². The Kier molecular flexibility index (Phi) is 2.01. The monoisotopic (exact) mass is 194 g/mol. The third kappa shape index (κ3) is 1.36. The summed E-state index contributed by atoms with van der Waals surface area (Å²) in [6.07, 6.45) is -1.94. The molecule has 0 aromatic rings. The zero-order valence-electron chi connectivity index (χ0n) is 6.84. The number of halogens is 2. The molecule has 1 fully saturated rings. The van der Waals surface area contributed by atoms with Gasteiger partial charge in [0.25, 0.3) is 5.92 Å². The summed E-state index contributed by atoms with van der Waals surface area (Å²) in [7, 11) is 0.976. The van der Waals surface area contributed by atoms with Crippen molar-refractivity contribution >= 4 is 11.9 Å². The lowest BCUT2D eigenvalue weighted by atomic mass is 9.66. The first kappa shape index (κ1) is 9.88. The van der Waals surface area contributed by atoms with Gasteiger partial charge in [0, 0.05) is 12.8 Å². The van der Waals surface area contributed by atoms with Crippen LogP contribution in [0.1, 0.15) is 12.8 Å². The molecule has 0 amide bonds. The van der Waals surface area contributed by atoms with Gasteiger partial charge < -0.3 is 9.84 Å². The quantitative estimate of drug-likeness (QED) is 0.518. The molecular weight excluding hydrogens is 186 g/mol. The molecule has 0 radical (unpaired) electrons. The summed E-state index contributed by atoms with van der Waals surface area (Å²) in [5, 5.41) is 8.58. The summed E-state index contributed by atoms with van der Waals surface area (Å²) >= 11 is 0. The fourth-order valence-electron chi connectivity index (χ4n) is 1.41. The molecule has 1 aliphatic carbocycles. The second-order valence-electron chi connectivity index (χ2n) is 3.09. The summed E-state index contributed by atoms with van der Waals surface area (Å²) in [6.45, 7) is 0. The molecular formula is C7H8F2O4. The van der Waals surface area contributed by atoms with Gasteiger partial charge in [-0.05, 0) is 0 Å². The molecule has 1 saturated carbocycles. The van der Waals surface area contributed by atoms with E-state index in [1.807, 2.05) is 0 Å². The number of aliphatic carboxylic acids is 1. The molecule has 0 aromatic carbocycles. The predicted molar refractivity (Wildman–Crippen MR) is 36.3 cm³/mol. The second-order valence-corrected chi connectivity index (χ2v) is 3.09. The van der Waals surface area contributed by atoms with E-state index in [9.17, 15) is 18.4 Å². The van der Waals surface area contributed by atoms with Gasteiger partial charge >= 0.3 is 11.9 Å². The largest absolute Gasteiger partial charge is 0.480 e. The van der Waals surface area contributed by atoms with Crippen molar-refractivity contribution < 1.29 is 28.2 Å². The van der Waals surface area contributed by atoms with Gasteiger partial charge in [-0.1, -0.05) is 0 Å². The SMILES string of the molecule is COC(=O)C1(C(=O)O)CC(F)(F)C1. The van der Waals surface area contributed by atoms with Crippen LogP contribution in [-0.4, -0.2) is 30.1 Å². The summed E-state index contributed by atoms with van der Waals surface area (Å²) < 4.78 is 29.0. The van der Waals surface area contributed by atoms with Crippen molar-refractivity contribution in [1.29, 1.82) is 0 Å². The standard InChI is InChI=1S/C7H8F2O4/c1-13-5(12)6(4(10)11)2-7(8,9)3-6/h2-3H2,1H3,(H,10,11). The highest BCUT2D eigenvalue weighted by Crippen LogP contribution is 2.52. The normalized spacial score (nSPS) is 23.0. The van der Waals surface area contributed by atoms with Crippen LogP contribution in [0.15, 0.2) is 0 Å². The number of ether oxygens (including phenoxy) is 1. The van der Waals surface area contributed by atoms with Gasteiger partial charge in [-0.15, -0.1) is 0 Å². The molecule has 0 unspecified atom stereocenters. The lowest BCUT2D eigenvalue weighted by Crippen LogP contribution is -2.56. The van der Waals surface area contributed by atoms with Crippen molar-refractivity contribution in [2.45, 2.75) is 18.8 Å². The number of hydrogen-bond acceptors (Lipinski definition) is 3. The van der Waals surface area contributed by atoms with E-state index in [0.29, 0.717) is 0 Å². The first-order valence-corrected chi connectivity index (χ1v) is 3.54. The number of rotatable bonds is 2. The Morgan fingerprint density at radius 1 is 1.38 bits per heavy atom. The third-order valence-electron chi connectivity index (χ3n) is 2.11. The number of hydrogen-bond donors (Lipinski definition) is 1. The molecule has 6 heteroatoms. The van der Waals surface area contributed by atoms with Gasteiger partial charge in [-0.3, -0.25) is 9.59 Å². The number of methoxy groups -OCH3 is 1. The summed E-state index contributed by atoms with van der Waals surface area (Å²) in [4.78, 5) is 21.5. The molecule has 13 heavy (non-hydrogen) atoms. The van der Waals surface area contributed by atoms with Crippen LogP contribution in [0.2, 0.25) is 0 Å². The van der Waals surface area contributed by atoms with Crippen LogP contribution in [0.5, 0.6) is 0 Å². The van der Waals surface area contributed by atoms with Crippen LogP contribution in [0, 0.1) is 5.41 Å². The van der Waals surface area contributed by atoms with E-state index in [0.717, 1.165) is 7.11 Å². The van der Waals surface area contributed by atoms with Crippen molar-refractivity contribution in [2.75, 3.05) is 7.11 Å². The number of alkyl halides is 2. The van der Waals surface area contributed by atoms with E-state index in [-0.39, 0.29) is 0 Å². The molecule has 0 saturated heterocycles. The Bertz CT molecular complexity index is 253.